The van der Waals surface area contributed by atoms with E-state index in [2.05, 4.69) is 33.8 Å². The van der Waals surface area contributed by atoms with Gasteiger partial charge in [0.25, 0.3) is 26.5 Å². The molecular weight excluding hydrogens is 1180 g/mol. The van der Waals surface area contributed by atoms with E-state index < -0.39 is 107 Å². The summed E-state index contributed by atoms with van der Waals surface area (Å²) in [5.41, 5.74) is -0.874. The van der Waals surface area contributed by atoms with Gasteiger partial charge in [-0.15, -0.1) is 8.42 Å². The molecule has 84 heavy (non-hydrogen) atoms. The van der Waals surface area contributed by atoms with E-state index in [4.69, 9.17) is 27.3 Å². The first-order valence-electron chi connectivity index (χ1n) is 24.2. The number of non-ortho nitro benzene ring substituents is 1. The van der Waals surface area contributed by atoms with Gasteiger partial charge in [-0.1, -0.05) is 42.5 Å². The summed E-state index contributed by atoms with van der Waals surface area (Å²) in [4.78, 5) is 81.5. The van der Waals surface area contributed by atoms with Gasteiger partial charge < -0.3 is 70.2 Å². The molecule has 0 aliphatic carbocycles. The van der Waals surface area contributed by atoms with Crippen molar-refractivity contribution in [2.75, 3.05) is 21.3 Å². The molecule has 464 valence electrons. The van der Waals surface area contributed by atoms with Crippen molar-refractivity contribution in [1.29, 1.82) is 0 Å². The van der Waals surface area contributed by atoms with Crippen LogP contribution in [0.1, 0.15) is 79.0 Å². The van der Waals surface area contributed by atoms with E-state index in [1.165, 1.54) is 112 Å². The van der Waals surface area contributed by atoms with Crippen LogP contribution in [-0.2, 0) is 93.3 Å². The summed E-state index contributed by atoms with van der Waals surface area (Å²) in [5.74, 6) is -2.76. The van der Waals surface area contributed by atoms with Crippen molar-refractivity contribution in [2.24, 2.45) is 0 Å². The van der Waals surface area contributed by atoms with Gasteiger partial charge in [0.05, 0.1) is 32.3 Å². The SMILES string of the molecule is COC(=O)[C@H](Cc1ccc(OS(=O)(=O)Oc2cccc([N+](=O)[O-])c2)cc1)NC(=O)OC(C)(C)C.COC(=O)[C@H](Cc1ccc(OS(=O)(=O)[O-])cc1)NC(=O)OC(C)(C)C.COC(=O)[C@H](Cc1ccc(OS(=O)(=O)[O-])cc1)NC(=O)OC(C)(C)C. The molecule has 0 spiro atoms. The molecule has 0 fully saturated rings. The third kappa shape index (κ3) is 30.5. The van der Waals surface area contributed by atoms with Crippen LogP contribution >= 0.6 is 0 Å². The molecule has 3 atom stereocenters. The summed E-state index contributed by atoms with van der Waals surface area (Å²) in [6.07, 6.45) is -2.19. The molecule has 0 aliphatic heterocycles. The van der Waals surface area contributed by atoms with E-state index in [1.54, 1.807) is 62.3 Å². The minimum atomic E-state index is -4.86. The van der Waals surface area contributed by atoms with E-state index in [1.807, 2.05) is 0 Å². The molecule has 4 aromatic carbocycles. The maximum atomic E-state index is 12.1. The highest BCUT2D eigenvalue weighted by atomic mass is 32.3. The van der Waals surface area contributed by atoms with E-state index in [0.717, 1.165) is 6.07 Å². The number of nitrogens with one attached hydrogen (secondary N) is 3. The fraction of sp³-hybridized carbons (Fsp3) is 0.412. The van der Waals surface area contributed by atoms with Crippen LogP contribution in [0.5, 0.6) is 23.0 Å². The Morgan fingerprint density at radius 1 is 0.452 bits per heavy atom. The third-order valence-electron chi connectivity index (χ3n) is 9.44. The number of methoxy groups -OCH3 is 3. The van der Waals surface area contributed by atoms with Gasteiger partial charge >= 0.3 is 46.6 Å². The number of alkyl carbamates (subject to hydrolysis) is 3. The number of benzene rings is 4. The largest absolute Gasteiger partial charge is 0.716 e. The zero-order valence-electron chi connectivity index (χ0n) is 47.4. The minimum absolute atomic E-state index is 0.0309. The van der Waals surface area contributed by atoms with Crippen molar-refractivity contribution in [2.45, 2.75) is 117 Å². The Kier molecular flexibility index (Phi) is 26.6. The molecule has 0 aliphatic rings. The Bertz CT molecular complexity index is 3100. The lowest BCUT2D eigenvalue weighted by Crippen LogP contribution is -2.45. The van der Waals surface area contributed by atoms with Crippen molar-refractivity contribution in [1.82, 2.24) is 16.0 Å². The molecule has 30 nitrogen and oxygen atoms in total. The summed E-state index contributed by atoms with van der Waals surface area (Å²) in [6.45, 7) is 15.1. The van der Waals surface area contributed by atoms with Gasteiger partial charge in [0, 0.05) is 25.3 Å². The van der Waals surface area contributed by atoms with Crippen LogP contribution in [0.2, 0.25) is 0 Å². The van der Waals surface area contributed by atoms with Crippen LogP contribution in [0.3, 0.4) is 0 Å². The second kappa shape index (κ2) is 31.2. The Hall–Kier alpha value is -8.53. The van der Waals surface area contributed by atoms with Crippen LogP contribution in [0, 0.1) is 10.1 Å². The average molecular weight is 1250 g/mol. The molecule has 4 rings (SSSR count). The molecule has 3 N–H and O–H groups in total. The minimum Gasteiger partial charge on any atom is -0.716 e. The zero-order valence-corrected chi connectivity index (χ0v) is 49.8. The molecule has 33 heteroatoms. The van der Waals surface area contributed by atoms with E-state index in [-0.39, 0.29) is 47.9 Å². The van der Waals surface area contributed by atoms with Crippen LogP contribution in [-0.4, -0.2) is 132 Å². The fourth-order valence-corrected chi connectivity index (χ4v) is 7.66. The first-order valence-corrected chi connectivity index (χ1v) is 28.2. The smallest absolute Gasteiger partial charge is 0.500 e. The average Bonchev–Trinajstić information content (AvgIpc) is 3.53. The number of rotatable bonds is 21. The van der Waals surface area contributed by atoms with Crippen LogP contribution in [0.25, 0.3) is 0 Å². The van der Waals surface area contributed by atoms with Crippen LogP contribution in [0.15, 0.2) is 97.1 Å². The third-order valence-corrected chi connectivity index (χ3v) is 11.0. The molecule has 0 radical (unpaired) electrons. The molecule has 4 aromatic rings. The molecule has 0 heterocycles. The highest BCUT2D eigenvalue weighted by Gasteiger charge is 2.29. The normalized spacial score (nSPS) is 12.6. The summed E-state index contributed by atoms with van der Waals surface area (Å²) in [7, 11) is -10.8. The van der Waals surface area contributed by atoms with Gasteiger partial charge in [0.1, 0.15) is 52.2 Å². The Balaban J connectivity index is 0.000000438. The van der Waals surface area contributed by atoms with Gasteiger partial charge in [0.2, 0.25) is 0 Å². The standard InChI is InChI=1S/C21H24N2O10S.2C15H21NO8S/c1-21(2,3)31-20(25)22-18(19(24)30-4)12-14-8-10-16(11-9-14)32-34(28,29)33-17-7-5-6-15(13-17)23(26)27;2*1-15(2,3)23-14(18)16-12(13(17)22-4)9-10-5-7-11(8-6-10)24-25(19,20)21/h5-11,13,18H,12H2,1-4H3,(H,22,25);2*5-8,12H,9H2,1-4H3,(H,16,18)(H,19,20,21)/p-2/t18-;2*12-/m000/s1. The molecular formula is C51H64N4O26S3-2. The first kappa shape index (κ1) is 71.6. The highest BCUT2D eigenvalue weighted by Crippen LogP contribution is 2.24. The van der Waals surface area contributed by atoms with Gasteiger partial charge in [-0.05, 0) is 121 Å². The number of esters is 3. The van der Waals surface area contributed by atoms with Crippen molar-refractivity contribution >= 4 is 73.1 Å². The lowest BCUT2D eigenvalue weighted by Gasteiger charge is -2.22. The number of carbonyl (C=O) groups excluding carboxylic acids is 6. The summed E-state index contributed by atoms with van der Waals surface area (Å²) >= 11 is 0. The van der Waals surface area contributed by atoms with Gasteiger partial charge in [-0.2, -0.15) is 0 Å². The second-order valence-corrected chi connectivity index (χ2v) is 23.1. The number of nitrogens with zero attached hydrogens (tertiary/aromatic N) is 1. The monoisotopic (exact) mass is 1240 g/mol. The predicted molar refractivity (Wildman–Crippen MR) is 290 cm³/mol. The lowest BCUT2D eigenvalue weighted by atomic mass is 10.1. The quantitative estimate of drug-likeness (QED) is 0.0242. The predicted octanol–water partition coefficient (Wildman–Crippen LogP) is 5.18. The zero-order chi connectivity index (χ0) is 64.0. The van der Waals surface area contributed by atoms with E-state index in [0.29, 0.717) is 16.7 Å². The summed E-state index contributed by atoms with van der Waals surface area (Å²) in [6, 6.07) is 18.0. The number of ether oxygens (including phenoxy) is 6. The highest BCUT2D eigenvalue weighted by molar-refractivity contribution is 7.82. The Morgan fingerprint density at radius 2 is 0.726 bits per heavy atom. The molecule has 0 saturated carbocycles. The Labute approximate surface area is 485 Å². The maximum absolute atomic E-state index is 12.1. The van der Waals surface area contributed by atoms with Crippen molar-refractivity contribution in [3.8, 4) is 23.0 Å². The lowest BCUT2D eigenvalue weighted by molar-refractivity contribution is -0.384. The molecule has 3 amide bonds. The van der Waals surface area contributed by atoms with Gasteiger partial charge in [-0.3, -0.25) is 10.1 Å². The first-order chi connectivity index (χ1) is 38.6. The number of hydrogen-bond acceptors (Lipinski definition) is 26. The number of carbonyl (C=O) groups is 6. The van der Waals surface area contributed by atoms with Crippen molar-refractivity contribution < 1.29 is 113 Å². The second-order valence-electron chi connectivity index (χ2n) is 20.0. The van der Waals surface area contributed by atoms with Crippen LogP contribution in [0.4, 0.5) is 20.1 Å². The maximum Gasteiger partial charge on any atom is 0.500 e. The summed E-state index contributed by atoms with van der Waals surface area (Å²) in [5, 5.41) is 18.1. The number of nitro groups is 1. The molecule has 0 bridgehead atoms. The van der Waals surface area contributed by atoms with Gasteiger partial charge in [0.15, 0.2) is 5.75 Å². The molecule has 0 saturated heterocycles. The Morgan fingerprint density at radius 3 is 0.976 bits per heavy atom. The number of nitro benzene ring substituents is 1. The topological polar surface area (TPSA) is 422 Å². The molecule has 0 aromatic heterocycles. The van der Waals surface area contributed by atoms with Gasteiger partial charge in [-0.25, -0.2) is 45.6 Å². The fourth-order valence-electron chi connectivity index (χ4n) is 6.24. The van der Waals surface area contributed by atoms with Crippen molar-refractivity contribution in [3.63, 3.8) is 0 Å². The summed E-state index contributed by atoms with van der Waals surface area (Å²) < 4.78 is 135. The number of amides is 3. The van der Waals surface area contributed by atoms with E-state index in [9.17, 15) is 73.2 Å². The molecule has 0 unspecified atom stereocenters. The number of hydrogen-bond donors (Lipinski definition) is 3. The van der Waals surface area contributed by atoms with Crippen molar-refractivity contribution in [3.05, 3.63) is 124 Å². The van der Waals surface area contributed by atoms with E-state index >= 15 is 0 Å². The van der Waals surface area contributed by atoms with Crippen LogP contribution < -0.4 is 32.7 Å².